The molecule has 2 rings (SSSR count). The van der Waals surface area contributed by atoms with E-state index in [2.05, 4.69) is 0 Å². The Kier molecular flexibility index (Phi) is 5.59. The van der Waals surface area contributed by atoms with Crippen molar-refractivity contribution in [3.05, 3.63) is 0 Å². The van der Waals surface area contributed by atoms with Crippen LogP contribution in [0, 0.1) is 0 Å². The van der Waals surface area contributed by atoms with Gasteiger partial charge in [0.25, 0.3) is 11.9 Å². The molecule has 0 spiro atoms. The lowest BCUT2D eigenvalue weighted by Gasteiger charge is -2.44. The summed E-state index contributed by atoms with van der Waals surface area (Å²) in [5, 5.41) is 0. The molecule has 2 heterocycles. The average molecular weight is 274 g/mol. The third-order valence-corrected chi connectivity index (χ3v) is 3.44. The van der Waals surface area contributed by atoms with Gasteiger partial charge in [-0.2, -0.15) is 0 Å². The Hall–Kier alpha value is -0.200. The van der Waals surface area contributed by atoms with Crippen LogP contribution in [0.15, 0.2) is 0 Å². The predicted octanol–water partition coefficient (Wildman–Crippen LogP) is 2.78. The maximum absolute atomic E-state index is 6.10. The monoisotopic (exact) mass is 274 g/mol. The van der Waals surface area contributed by atoms with E-state index in [0.717, 1.165) is 38.5 Å². The molecule has 5 heteroatoms. The molecule has 2 atom stereocenters. The lowest BCUT2D eigenvalue weighted by atomic mass is 10.1. The van der Waals surface area contributed by atoms with E-state index in [4.69, 9.17) is 23.7 Å². The van der Waals surface area contributed by atoms with Crippen molar-refractivity contribution < 1.29 is 23.7 Å². The summed E-state index contributed by atoms with van der Waals surface area (Å²) >= 11 is 0. The van der Waals surface area contributed by atoms with E-state index in [-0.39, 0.29) is 0 Å². The maximum Gasteiger partial charge on any atom is 0.287 e. The summed E-state index contributed by atoms with van der Waals surface area (Å²) in [5.74, 6) is -2.00. The molecule has 0 bridgehead atoms. The first-order valence-corrected chi connectivity index (χ1v) is 7.50. The Labute approximate surface area is 115 Å². The van der Waals surface area contributed by atoms with Crippen LogP contribution in [0.4, 0.5) is 0 Å². The van der Waals surface area contributed by atoms with Crippen LogP contribution in [-0.4, -0.2) is 38.4 Å². The smallest absolute Gasteiger partial charge is 0.287 e. The first-order valence-electron chi connectivity index (χ1n) is 7.50. The Morgan fingerprint density at radius 3 is 1.58 bits per heavy atom. The van der Waals surface area contributed by atoms with E-state index < -0.39 is 11.9 Å². The molecule has 0 aromatic heterocycles. The van der Waals surface area contributed by atoms with Crippen LogP contribution >= 0.6 is 0 Å². The summed E-state index contributed by atoms with van der Waals surface area (Å²) < 4.78 is 29.1. The molecule has 0 aromatic carbocycles. The molecule has 0 amide bonds. The van der Waals surface area contributed by atoms with Crippen molar-refractivity contribution in [3.63, 3.8) is 0 Å². The second-order valence-electron chi connectivity index (χ2n) is 4.95. The summed E-state index contributed by atoms with van der Waals surface area (Å²) in [6.07, 6.45) is 5.59. The van der Waals surface area contributed by atoms with Gasteiger partial charge in [0, 0.05) is 26.1 Å². The Balaban J connectivity index is 2.07. The van der Waals surface area contributed by atoms with Gasteiger partial charge in [0.05, 0.1) is 13.2 Å². The van der Waals surface area contributed by atoms with Gasteiger partial charge < -0.3 is 18.9 Å². The molecular formula is C14H26O5. The van der Waals surface area contributed by atoms with E-state index in [9.17, 15) is 0 Å². The molecule has 0 radical (unpaired) electrons. The van der Waals surface area contributed by atoms with Gasteiger partial charge in [0.1, 0.15) is 0 Å². The normalized spacial score (nSPS) is 36.3. The Morgan fingerprint density at radius 1 is 0.789 bits per heavy atom. The van der Waals surface area contributed by atoms with Crippen molar-refractivity contribution >= 4 is 0 Å². The third kappa shape index (κ3) is 3.89. The first kappa shape index (κ1) is 15.2. The molecule has 2 unspecified atom stereocenters. The standard InChI is InChI=1S/C14H26O5/c1-3-15-13(9-5-7-11-17-13)19-14(16-4-2)10-6-8-12-18-14/h3-12H2,1-2H3. The van der Waals surface area contributed by atoms with Crippen LogP contribution in [0.5, 0.6) is 0 Å². The largest absolute Gasteiger partial charge is 0.328 e. The van der Waals surface area contributed by atoms with Gasteiger partial charge in [0.15, 0.2) is 0 Å². The Bertz CT molecular complexity index is 220. The molecule has 0 aromatic rings. The number of ether oxygens (including phenoxy) is 5. The van der Waals surface area contributed by atoms with Gasteiger partial charge >= 0.3 is 0 Å². The molecule has 0 N–H and O–H groups in total. The molecule has 5 nitrogen and oxygen atoms in total. The van der Waals surface area contributed by atoms with E-state index in [1.165, 1.54) is 0 Å². The molecule has 2 aliphatic heterocycles. The predicted molar refractivity (Wildman–Crippen MR) is 69.4 cm³/mol. The molecule has 2 aliphatic rings. The van der Waals surface area contributed by atoms with E-state index >= 15 is 0 Å². The quantitative estimate of drug-likeness (QED) is 0.697. The van der Waals surface area contributed by atoms with Crippen LogP contribution in [0.2, 0.25) is 0 Å². The molecular weight excluding hydrogens is 248 g/mol. The highest BCUT2D eigenvalue weighted by atomic mass is 17.0. The molecule has 112 valence electrons. The highest BCUT2D eigenvalue weighted by Crippen LogP contribution is 2.37. The van der Waals surface area contributed by atoms with Gasteiger partial charge in [-0.3, -0.25) is 4.74 Å². The van der Waals surface area contributed by atoms with E-state index in [1.54, 1.807) is 0 Å². The van der Waals surface area contributed by atoms with E-state index in [1.807, 2.05) is 13.8 Å². The molecule has 2 saturated heterocycles. The molecule has 2 fully saturated rings. The topological polar surface area (TPSA) is 46.2 Å². The van der Waals surface area contributed by atoms with Crippen LogP contribution < -0.4 is 0 Å². The minimum absolute atomic E-state index is 0.544. The van der Waals surface area contributed by atoms with Crippen molar-refractivity contribution in [2.45, 2.75) is 64.3 Å². The maximum atomic E-state index is 6.10. The fraction of sp³-hybridized carbons (Fsp3) is 1.00. The lowest BCUT2D eigenvalue weighted by molar-refractivity contribution is -0.513. The van der Waals surface area contributed by atoms with Crippen LogP contribution in [-0.2, 0) is 23.7 Å². The zero-order chi connectivity index (χ0) is 13.6. The molecule has 0 saturated carbocycles. The van der Waals surface area contributed by atoms with Gasteiger partial charge in [-0.1, -0.05) is 0 Å². The Morgan fingerprint density at radius 2 is 1.26 bits per heavy atom. The summed E-state index contributed by atoms with van der Waals surface area (Å²) in [4.78, 5) is 0. The van der Waals surface area contributed by atoms with Crippen molar-refractivity contribution in [2.24, 2.45) is 0 Å². The van der Waals surface area contributed by atoms with Gasteiger partial charge in [-0.15, -0.1) is 0 Å². The van der Waals surface area contributed by atoms with Crippen molar-refractivity contribution in [3.8, 4) is 0 Å². The fourth-order valence-electron chi connectivity index (χ4n) is 2.61. The fourth-order valence-corrected chi connectivity index (χ4v) is 2.61. The lowest BCUT2D eigenvalue weighted by Crippen LogP contribution is -2.53. The van der Waals surface area contributed by atoms with Crippen LogP contribution in [0.1, 0.15) is 52.4 Å². The zero-order valence-corrected chi connectivity index (χ0v) is 12.1. The van der Waals surface area contributed by atoms with Gasteiger partial charge in [0.2, 0.25) is 0 Å². The minimum atomic E-state index is -1.00. The number of hydrogen-bond acceptors (Lipinski definition) is 5. The second kappa shape index (κ2) is 6.99. The summed E-state index contributed by atoms with van der Waals surface area (Å²) in [6, 6.07) is 0. The number of hydrogen-bond donors (Lipinski definition) is 0. The van der Waals surface area contributed by atoms with Gasteiger partial charge in [-0.05, 0) is 39.5 Å². The average Bonchev–Trinajstić information content (AvgIpc) is 2.41. The highest BCUT2D eigenvalue weighted by Gasteiger charge is 2.47. The molecule has 19 heavy (non-hydrogen) atoms. The van der Waals surface area contributed by atoms with E-state index in [0.29, 0.717) is 26.4 Å². The summed E-state index contributed by atoms with van der Waals surface area (Å²) in [6.45, 7) is 6.28. The third-order valence-electron chi connectivity index (χ3n) is 3.44. The van der Waals surface area contributed by atoms with Crippen LogP contribution in [0.3, 0.4) is 0 Å². The summed E-state index contributed by atoms with van der Waals surface area (Å²) in [5.41, 5.74) is 0. The second-order valence-corrected chi connectivity index (χ2v) is 4.95. The summed E-state index contributed by atoms with van der Waals surface area (Å²) in [7, 11) is 0. The molecule has 0 aliphatic carbocycles. The highest BCUT2D eigenvalue weighted by molar-refractivity contribution is 4.71. The number of rotatable bonds is 6. The van der Waals surface area contributed by atoms with Gasteiger partial charge in [-0.25, -0.2) is 0 Å². The SMILES string of the molecule is CCOC1(OC2(OCC)CCCCO2)CCCCO1. The zero-order valence-electron chi connectivity index (χ0n) is 12.1. The van der Waals surface area contributed by atoms with Crippen molar-refractivity contribution in [1.82, 2.24) is 0 Å². The van der Waals surface area contributed by atoms with Crippen molar-refractivity contribution in [1.29, 1.82) is 0 Å². The minimum Gasteiger partial charge on any atom is -0.328 e. The van der Waals surface area contributed by atoms with Crippen LogP contribution in [0.25, 0.3) is 0 Å². The van der Waals surface area contributed by atoms with Crippen molar-refractivity contribution in [2.75, 3.05) is 26.4 Å². The first-order chi connectivity index (χ1) is 9.24.